The Balaban J connectivity index is 1.94. The van der Waals surface area contributed by atoms with Crippen LogP contribution in [0.25, 0.3) is 0 Å². The van der Waals surface area contributed by atoms with E-state index >= 15 is 0 Å². The van der Waals surface area contributed by atoms with Crippen molar-refractivity contribution in [1.82, 2.24) is 4.90 Å². The molecule has 5 heteroatoms. The van der Waals surface area contributed by atoms with E-state index in [4.69, 9.17) is 14.2 Å². The molecule has 1 saturated heterocycles. The van der Waals surface area contributed by atoms with Gasteiger partial charge in [-0.05, 0) is 71.6 Å². The van der Waals surface area contributed by atoms with E-state index in [0.717, 1.165) is 30.8 Å². The number of amides is 1. The SMILES string of the molecule is COc1cc([C@@]23CCC=C[C@@H]2N(C(=O)OC(C)(C)C)CC3)ccc1OC(C)C. The molecule has 5 nitrogen and oxygen atoms in total. The van der Waals surface area contributed by atoms with E-state index in [2.05, 4.69) is 24.3 Å². The first-order chi connectivity index (χ1) is 13.2. The Kier molecular flexibility index (Phi) is 5.64. The molecule has 0 aromatic heterocycles. The van der Waals surface area contributed by atoms with E-state index in [9.17, 15) is 4.79 Å². The zero-order chi connectivity index (χ0) is 20.5. The lowest BCUT2D eigenvalue weighted by Gasteiger charge is -2.39. The molecule has 0 spiro atoms. The van der Waals surface area contributed by atoms with E-state index in [0.29, 0.717) is 6.54 Å². The number of methoxy groups -OCH3 is 1. The summed E-state index contributed by atoms with van der Waals surface area (Å²) >= 11 is 0. The Morgan fingerprint density at radius 1 is 1.21 bits per heavy atom. The van der Waals surface area contributed by atoms with E-state index in [1.165, 1.54) is 5.56 Å². The van der Waals surface area contributed by atoms with Crippen LogP contribution in [0.1, 0.15) is 59.4 Å². The van der Waals surface area contributed by atoms with Gasteiger partial charge >= 0.3 is 6.09 Å². The number of hydrogen-bond donors (Lipinski definition) is 0. The Labute approximate surface area is 168 Å². The minimum Gasteiger partial charge on any atom is -0.493 e. The minimum absolute atomic E-state index is 0.00215. The summed E-state index contributed by atoms with van der Waals surface area (Å²) in [6, 6.07) is 6.21. The predicted molar refractivity (Wildman–Crippen MR) is 110 cm³/mol. The lowest BCUT2D eigenvalue weighted by atomic mass is 9.68. The number of rotatable bonds is 4. The van der Waals surface area contributed by atoms with Crippen LogP contribution in [0.5, 0.6) is 11.5 Å². The summed E-state index contributed by atoms with van der Waals surface area (Å²) in [7, 11) is 1.67. The van der Waals surface area contributed by atoms with Crippen molar-refractivity contribution in [3.8, 4) is 11.5 Å². The quantitative estimate of drug-likeness (QED) is 0.676. The third-order valence-electron chi connectivity index (χ3n) is 5.51. The van der Waals surface area contributed by atoms with Crippen LogP contribution in [0.4, 0.5) is 4.79 Å². The summed E-state index contributed by atoms with van der Waals surface area (Å²) in [5, 5.41) is 0. The highest BCUT2D eigenvalue weighted by atomic mass is 16.6. The van der Waals surface area contributed by atoms with Crippen LogP contribution >= 0.6 is 0 Å². The average molecular weight is 388 g/mol. The third-order valence-corrected chi connectivity index (χ3v) is 5.51. The van der Waals surface area contributed by atoms with Gasteiger partial charge in [-0.25, -0.2) is 4.79 Å². The Morgan fingerprint density at radius 2 is 1.96 bits per heavy atom. The molecule has 1 aromatic rings. The predicted octanol–water partition coefficient (Wildman–Crippen LogP) is 5.08. The molecule has 0 saturated carbocycles. The summed E-state index contributed by atoms with van der Waals surface area (Å²) in [4.78, 5) is 14.7. The zero-order valence-corrected chi connectivity index (χ0v) is 18.0. The van der Waals surface area contributed by atoms with Gasteiger partial charge in [0.25, 0.3) is 0 Å². The molecule has 1 aliphatic heterocycles. The fourth-order valence-corrected chi connectivity index (χ4v) is 4.35. The van der Waals surface area contributed by atoms with Crippen molar-refractivity contribution in [2.75, 3.05) is 13.7 Å². The lowest BCUT2D eigenvalue weighted by molar-refractivity contribution is 0.0229. The molecule has 0 radical (unpaired) electrons. The minimum atomic E-state index is -0.500. The van der Waals surface area contributed by atoms with Gasteiger partial charge in [-0.15, -0.1) is 0 Å². The molecule has 1 aromatic carbocycles. The standard InChI is InChI=1S/C23H33NO4/c1-16(2)27-18-11-10-17(15-19(18)26-6)23-12-8-7-9-20(23)24(14-13-23)21(25)28-22(3,4)5/h7,9-11,15-16,20H,8,12-14H2,1-6H3/t20-,23-/m0/s1. The molecule has 1 heterocycles. The van der Waals surface area contributed by atoms with Crippen molar-refractivity contribution in [3.63, 3.8) is 0 Å². The lowest BCUT2D eigenvalue weighted by Crippen LogP contribution is -2.46. The van der Waals surface area contributed by atoms with E-state index < -0.39 is 5.60 Å². The average Bonchev–Trinajstić information content (AvgIpc) is 3.01. The van der Waals surface area contributed by atoms with E-state index in [1.807, 2.05) is 45.6 Å². The first-order valence-corrected chi connectivity index (χ1v) is 10.2. The van der Waals surface area contributed by atoms with Crippen LogP contribution in [0.15, 0.2) is 30.4 Å². The number of fused-ring (bicyclic) bond motifs is 1. The zero-order valence-electron chi connectivity index (χ0n) is 18.0. The van der Waals surface area contributed by atoms with E-state index in [1.54, 1.807) is 7.11 Å². The number of benzene rings is 1. The largest absolute Gasteiger partial charge is 0.493 e. The van der Waals surface area contributed by atoms with Crippen LogP contribution in [-0.2, 0) is 10.2 Å². The van der Waals surface area contributed by atoms with Crippen LogP contribution in [0.2, 0.25) is 0 Å². The molecular formula is C23H33NO4. The number of carbonyl (C=O) groups excluding carboxylic acids is 1. The maximum atomic E-state index is 12.8. The molecule has 3 rings (SSSR count). The molecule has 2 atom stereocenters. The van der Waals surface area contributed by atoms with Gasteiger partial charge in [-0.3, -0.25) is 0 Å². The van der Waals surface area contributed by atoms with Crippen LogP contribution in [-0.4, -0.2) is 42.4 Å². The van der Waals surface area contributed by atoms with Crippen molar-refractivity contribution in [3.05, 3.63) is 35.9 Å². The molecular weight excluding hydrogens is 354 g/mol. The second-order valence-corrected chi connectivity index (χ2v) is 9.02. The summed E-state index contributed by atoms with van der Waals surface area (Å²) < 4.78 is 17.2. The maximum absolute atomic E-state index is 12.8. The van der Waals surface area contributed by atoms with Gasteiger partial charge in [-0.2, -0.15) is 0 Å². The first kappa shape index (κ1) is 20.6. The summed E-state index contributed by atoms with van der Waals surface area (Å²) in [6.45, 7) is 10.4. The van der Waals surface area contributed by atoms with Crippen molar-refractivity contribution in [1.29, 1.82) is 0 Å². The van der Waals surface area contributed by atoms with Crippen molar-refractivity contribution in [2.24, 2.45) is 0 Å². The number of likely N-dealkylation sites (tertiary alicyclic amines) is 1. The highest BCUT2D eigenvalue weighted by Gasteiger charge is 2.50. The molecule has 1 aliphatic carbocycles. The normalized spacial score (nSPS) is 24.2. The highest BCUT2D eigenvalue weighted by Crippen LogP contribution is 2.48. The maximum Gasteiger partial charge on any atom is 0.410 e. The van der Waals surface area contributed by atoms with Crippen LogP contribution in [0.3, 0.4) is 0 Å². The topological polar surface area (TPSA) is 48.0 Å². The molecule has 1 fully saturated rings. The van der Waals surface area contributed by atoms with Crippen LogP contribution < -0.4 is 9.47 Å². The van der Waals surface area contributed by atoms with Crippen LogP contribution in [0, 0.1) is 0 Å². The molecule has 0 N–H and O–H groups in total. The second-order valence-electron chi connectivity index (χ2n) is 9.02. The van der Waals surface area contributed by atoms with Gasteiger partial charge in [0.05, 0.1) is 19.3 Å². The molecule has 1 amide bonds. The summed E-state index contributed by atoms with van der Waals surface area (Å²) in [5.74, 6) is 1.49. The second kappa shape index (κ2) is 7.69. The van der Waals surface area contributed by atoms with Gasteiger partial charge in [0.1, 0.15) is 5.60 Å². The van der Waals surface area contributed by atoms with Gasteiger partial charge < -0.3 is 19.1 Å². The summed E-state index contributed by atoms with van der Waals surface area (Å²) in [5.41, 5.74) is 0.579. The third kappa shape index (κ3) is 3.98. The van der Waals surface area contributed by atoms with Crippen molar-refractivity contribution < 1.29 is 19.0 Å². The van der Waals surface area contributed by atoms with Gasteiger partial charge in [0, 0.05) is 12.0 Å². The molecule has 0 bridgehead atoms. The van der Waals surface area contributed by atoms with Gasteiger partial charge in [-0.1, -0.05) is 18.2 Å². The number of allylic oxidation sites excluding steroid dienone is 1. The number of hydrogen-bond acceptors (Lipinski definition) is 4. The van der Waals surface area contributed by atoms with Gasteiger partial charge in [0.15, 0.2) is 11.5 Å². The molecule has 28 heavy (non-hydrogen) atoms. The Hall–Kier alpha value is -2.17. The fourth-order valence-electron chi connectivity index (χ4n) is 4.35. The van der Waals surface area contributed by atoms with Crippen molar-refractivity contribution in [2.45, 2.75) is 77.0 Å². The Bertz CT molecular complexity index is 749. The smallest absolute Gasteiger partial charge is 0.410 e. The first-order valence-electron chi connectivity index (χ1n) is 10.2. The molecule has 154 valence electrons. The number of carbonyl (C=O) groups is 1. The molecule has 0 unspecified atom stereocenters. The van der Waals surface area contributed by atoms with Gasteiger partial charge in [0.2, 0.25) is 0 Å². The summed E-state index contributed by atoms with van der Waals surface area (Å²) in [6.07, 6.45) is 7.11. The van der Waals surface area contributed by atoms with E-state index in [-0.39, 0.29) is 23.7 Å². The monoisotopic (exact) mass is 387 g/mol. The van der Waals surface area contributed by atoms with Crippen molar-refractivity contribution >= 4 is 6.09 Å². The fraction of sp³-hybridized carbons (Fsp3) is 0.609. The highest BCUT2D eigenvalue weighted by molar-refractivity contribution is 5.70. The molecule has 2 aliphatic rings. The Morgan fingerprint density at radius 3 is 2.61 bits per heavy atom. The number of nitrogens with zero attached hydrogens (tertiary/aromatic N) is 1. The number of ether oxygens (including phenoxy) is 3.